The summed E-state index contributed by atoms with van der Waals surface area (Å²) >= 11 is 6.20. The highest BCUT2D eigenvalue weighted by atomic mass is 35.5. The van der Waals surface area contributed by atoms with Crippen molar-refractivity contribution in [3.8, 4) is 11.3 Å². The zero-order chi connectivity index (χ0) is 18.4. The van der Waals surface area contributed by atoms with Gasteiger partial charge in [0.2, 0.25) is 0 Å². The molecule has 0 aliphatic rings. The number of hydrogen-bond acceptors (Lipinski definition) is 4. The van der Waals surface area contributed by atoms with Gasteiger partial charge in [0.15, 0.2) is 0 Å². The molecule has 0 atom stereocenters. The van der Waals surface area contributed by atoms with Gasteiger partial charge < -0.3 is 4.57 Å². The Hall–Kier alpha value is -2.73. The molecule has 4 rings (SSSR count). The second-order valence-electron chi connectivity index (χ2n) is 6.77. The first-order valence-electron chi connectivity index (χ1n) is 8.46. The van der Waals surface area contributed by atoms with E-state index in [4.69, 9.17) is 11.6 Å². The molecule has 6 nitrogen and oxygen atoms in total. The maximum absolute atomic E-state index is 13.2. The Labute approximate surface area is 155 Å². The number of pyridine rings is 1. The van der Waals surface area contributed by atoms with Crippen molar-refractivity contribution in [2.24, 2.45) is 5.92 Å². The monoisotopic (exact) mass is 367 g/mol. The molecular formula is C19H18ClN5O. The van der Waals surface area contributed by atoms with Crippen LogP contribution in [-0.4, -0.2) is 24.1 Å². The normalized spacial score (nSPS) is 11.7. The molecule has 0 aliphatic heterocycles. The van der Waals surface area contributed by atoms with Crippen LogP contribution in [0.25, 0.3) is 27.9 Å². The van der Waals surface area contributed by atoms with Crippen LogP contribution in [0.2, 0.25) is 5.02 Å². The van der Waals surface area contributed by atoms with E-state index in [0.29, 0.717) is 45.7 Å². The highest BCUT2D eigenvalue weighted by molar-refractivity contribution is 6.30. The van der Waals surface area contributed by atoms with Crippen LogP contribution in [-0.2, 0) is 6.54 Å². The van der Waals surface area contributed by atoms with Gasteiger partial charge >= 0.3 is 0 Å². The van der Waals surface area contributed by atoms with Crippen LogP contribution in [0, 0.1) is 12.8 Å². The summed E-state index contributed by atoms with van der Waals surface area (Å²) in [5.41, 5.74) is 1.98. The van der Waals surface area contributed by atoms with Crippen molar-refractivity contribution < 1.29 is 0 Å². The Morgan fingerprint density at radius 1 is 1.19 bits per heavy atom. The first kappa shape index (κ1) is 16.7. The van der Waals surface area contributed by atoms with E-state index in [2.05, 4.69) is 28.9 Å². The summed E-state index contributed by atoms with van der Waals surface area (Å²) in [6.07, 6.45) is 1.79. The summed E-state index contributed by atoms with van der Waals surface area (Å²) in [5, 5.41) is 5.57. The van der Waals surface area contributed by atoms with Gasteiger partial charge in [-0.25, -0.2) is 4.98 Å². The molecule has 26 heavy (non-hydrogen) atoms. The Bertz CT molecular complexity index is 1190. The van der Waals surface area contributed by atoms with Crippen LogP contribution in [0.1, 0.15) is 19.7 Å². The number of nitrogens with zero attached hydrogens (tertiary/aromatic N) is 5. The molecule has 0 amide bonds. The van der Waals surface area contributed by atoms with Crippen LogP contribution >= 0.6 is 11.6 Å². The van der Waals surface area contributed by atoms with Crippen molar-refractivity contribution in [2.75, 3.05) is 0 Å². The molecule has 0 saturated heterocycles. The van der Waals surface area contributed by atoms with Crippen molar-refractivity contribution >= 4 is 28.3 Å². The Morgan fingerprint density at radius 2 is 2.00 bits per heavy atom. The largest absolute Gasteiger partial charge is 0.315 e. The van der Waals surface area contributed by atoms with Crippen molar-refractivity contribution in [3.63, 3.8) is 0 Å². The summed E-state index contributed by atoms with van der Waals surface area (Å²) in [7, 11) is 0. The molecule has 3 aromatic heterocycles. The summed E-state index contributed by atoms with van der Waals surface area (Å²) in [6.45, 7) is 6.60. The summed E-state index contributed by atoms with van der Waals surface area (Å²) in [6, 6.07) is 9.25. The van der Waals surface area contributed by atoms with Gasteiger partial charge in [-0.15, -0.1) is 5.10 Å². The van der Waals surface area contributed by atoms with Gasteiger partial charge in [0.1, 0.15) is 5.82 Å². The average Bonchev–Trinajstić information content (AvgIpc) is 2.95. The van der Waals surface area contributed by atoms with E-state index in [9.17, 15) is 4.79 Å². The third-order valence-corrected chi connectivity index (χ3v) is 4.40. The molecule has 7 heteroatoms. The molecule has 0 fully saturated rings. The fourth-order valence-corrected chi connectivity index (χ4v) is 3.35. The van der Waals surface area contributed by atoms with Crippen molar-refractivity contribution in [2.45, 2.75) is 27.3 Å². The third-order valence-electron chi connectivity index (χ3n) is 4.17. The minimum atomic E-state index is -0.0891. The maximum atomic E-state index is 13.2. The first-order chi connectivity index (χ1) is 12.4. The summed E-state index contributed by atoms with van der Waals surface area (Å²) < 4.78 is 3.35. The molecule has 0 unspecified atom stereocenters. The van der Waals surface area contributed by atoms with Crippen molar-refractivity contribution in [1.29, 1.82) is 0 Å². The molecule has 132 valence electrons. The van der Waals surface area contributed by atoms with Gasteiger partial charge in [0.05, 0.1) is 16.6 Å². The molecule has 0 N–H and O–H groups in total. The van der Waals surface area contributed by atoms with Gasteiger partial charge in [0.25, 0.3) is 11.3 Å². The van der Waals surface area contributed by atoms with E-state index in [1.807, 2.05) is 24.3 Å². The first-order valence-corrected chi connectivity index (χ1v) is 8.84. The van der Waals surface area contributed by atoms with Crippen LogP contribution in [0.4, 0.5) is 0 Å². The fraction of sp³-hybridized carbons (Fsp3) is 0.263. The number of rotatable bonds is 3. The van der Waals surface area contributed by atoms with Gasteiger partial charge in [-0.05, 0) is 31.0 Å². The minimum absolute atomic E-state index is 0.0891. The lowest BCUT2D eigenvalue weighted by molar-refractivity contribution is 0.513. The van der Waals surface area contributed by atoms with Gasteiger partial charge in [-0.3, -0.25) is 4.79 Å². The highest BCUT2D eigenvalue weighted by Crippen LogP contribution is 2.28. The Balaban J connectivity index is 2.17. The Morgan fingerprint density at radius 3 is 2.73 bits per heavy atom. The van der Waals surface area contributed by atoms with Crippen molar-refractivity contribution in [1.82, 2.24) is 24.1 Å². The number of aryl methyl sites for hydroxylation is 1. The molecular weight excluding hydrogens is 350 g/mol. The lowest BCUT2D eigenvalue weighted by atomic mass is 10.1. The number of halogens is 1. The van der Waals surface area contributed by atoms with Gasteiger partial charge in [-0.2, -0.15) is 9.50 Å². The van der Waals surface area contributed by atoms with Gasteiger partial charge in [0, 0.05) is 23.3 Å². The lowest BCUT2D eigenvalue weighted by Crippen LogP contribution is -2.23. The smallest absolute Gasteiger partial charge is 0.262 e. The van der Waals surface area contributed by atoms with Gasteiger partial charge in [-0.1, -0.05) is 37.6 Å². The Kier molecular flexibility index (Phi) is 4.00. The van der Waals surface area contributed by atoms with E-state index in [-0.39, 0.29) is 5.56 Å². The SMILES string of the molecule is Cc1nc2nc3ccn(CC(C)C)c(=O)c3c(-c3cccc(Cl)c3)n2n1. The summed E-state index contributed by atoms with van der Waals surface area (Å²) in [5.74, 6) is 1.41. The molecule has 0 saturated carbocycles. The number of fused-ring (bicyclic) bond motifs is 2. The second-order valence-corrected chi connectivity index (χ2v) is 7.21. The predicted molar refractivity (Wildman–Crippen MR) is 103 cm³/mol. The van der Waals surface area contributed by atoms with E-state index in [0.717, 1.165) is 5.56 Å². The standard InChI is InChI=1S/C19H18ClN5O/c1-11(2)10-24-8-7-15-16(18(24)26)17(13-5-4-6-14(20)9-13)25-19(22-15)21-12(3)23-25/h4-9,11H,10H2,1-3H3. The van der Waals surface area contributed by atoms with Crippen LogP contribution in [0.15, 0.2) is 41.3 Å². The van der Waals surface area contributed by atoms with Crippen molar-refractivity contribution in [3.05, 3.63) is 57.7 Å². The average molecular weight is 368 g/mol. The molecule has 3 heterocycles. The maximum Gasteiger partial charge on any atom is 0.262 e. The highest BCUT2D eigenvalue weighted by Gasteiger charge is 2.18. The number of hydrogen-bond donors (Lipinski definition) is 0. The topological polar surface area (TPSA) is 65.1 Å². The van der Waals surface area contributed by atoms with E-state index in [1.165, 1.54) is 0 Å². The molecule has 0 radical (unpaired) electrons. The molecule has 0 bridgehead atoms. The predicted octanol–water partition coefficient (Wildman–Crippen LogP) is 3.72. The molecule has 4 aromatic rings. The lowest BCUT2D eigenvalue weighted by Gasteiger charge is -2.13. The minimum Gasteiger partial charge on any atom is -0.315 e. The zero-order valence-corrected chi connectivity index (χ0v) is 15.5. The van der Waals surface area contributed by atoms with E-state index < -0.39 is 0 Å². The second kappa shape index (κ2) is 6.21. The number of aromatic nitrogens is 5. The van der Waals surface area contributed by atoms with E-state index in [1.54, 1.807) is 28.3 Å². The number of benzene rings is 1. The third kappa shape index (κ3) is 2.76. The van der Waals surface area contributed by atoms with Crippen LogP contribution in [0.5, 0.6) is 0 Å². The van der Waals surface area contributed by atoms with Crippen LogP contribution in [0.3, 0.4) is 0 Å². The quantitative estimate of drug-likeness (QED) is 0.553. The zero-order valence-electron chi connectivity index (χ0n) is 14.8. The molecule has 0 aliphatic carbocycles. The molecule has 1 aromatic carbocycles. The summed E-state index contributed by atoms with van der Waals surface area (Å²) in [4.78, 5) is 22.1. The van der Waals surface area contributed by atoms with Crippen LogP contribution < -0.4 is 5.56 Å². The molecule has 0 spiro atoms. The van der Waals surface area contributed by atoms with E-state index >= 15 is 0 Å². The fourth-order valence-electron chi connectivity index (χ4n) is 3.16.